The van der Waals surface area contributed by atoms with Crippen molar-refractivity contribution in [2.75, 3.05) is 0 Å². The second kappa shape index (κ2) is 9.39. The van der Waals surface area contributed by atoms with Crippen molar-refractivity contribution >= 4 is 23.3 Å². The van der Waals surface area contributed by atoms with Gasteiger partial charge in [-0.1, -0.05) is 48.0 Å². The molecule has 4 nitrogen and oxygen atoms in total. The van der Waals surface area contributed by atoms with Crippen LogP contribution in [0.4, 0.5) is 0 Å². The number of amides is 1. The van der Waals surface area contributed by atoms with Crippen LogP contribution in [0.2, 0.25) is 5.02 Å². The third-order valence-electron chi connectivity index (χ3n) is 4.78. The molecule has 1 atom stereocenters. The molecular formula is C24H22ClNO3. The van der Waals surface area contributed by atoms with Crippen LogP contribution in [0.1, 0.15) is 27.0 Å². The molecule has 0 bridgehead atoms. The fraction of sp³-hybridized carbons (Fsp3) is 0.167. The Hall–Kier alpha value is -3.11. The van der Waals surface area contributed by atoms with E-state index in [1.807, 2.05) is 19.1 Å². The van der Waals surface area contributed by atoms with Crippen LogP contribution in [0, 0.1) is 6.92 Å². The third-order valence-corrected chi connectivity index (χ3v) is 5.02. The third kappa shape index (κ3) is 5.69. The van der Waals surface area contributed by atoms with Crippen LogP contribution < -0.4 is 5.32 Å². The number of aryl methyl sites for hydroxylation is 1. The highest BCUT2D eigenvalue weighted by molar-refractivity contribution is 6.30. The van der Waals surface area contributed by atoms with Gasteiger partial charge in [0.2, 0.25) is 0 Å². The van der Waals surface area contributed by atoms with E-state index in [4.69, 9.17) is 11.6 Å². The van der Waals surface area contributed by atoms with Crippen molar-refractivity contribution in [2.45, 2.75) is 25.8 Å². The topological polar surface area (TPSA) is 66.4 Å². The van der Waals surface area contributed by atoms with E-state index in [0.717, 1.165) is 16.7 Å². The van der Waals surface area contributed by atoms with Crippen LogP contribution in [0.25, 0.3) is 0 Å². The Morgan fingerprint density at radius 1 is 1.00 bits per heavy atom. The van der Waals surface area contributed by atoms with E-state index in [2.05, 4.69) is 5.32 Å². The van der Waals surface area contributed by atoms with Gasteiger partial charge < -0.3 is 10.4 Å². The molecule has 0 spiro atoms. The molecule has 0 saturated heterocycles. The van der Waals surface area contributed by atoms with Crippen LogP contribution in [-0.4, -0.2) is 22.8 Å². The number of hydrogen-bond acceptors (Lipinski definition) is 3. The number of aromatic hydroxyl groups is 1. The Labute approximate surface area is 175 Å². The fourth-order valence-electron chi connectivity index (χ4n) is 3.09. The molecule has 0 aliphatic heterocycles. The van der Waals surface area contributed by atoms with Gasteiger partial charge in [0.05, 0.1) is 6.04 Å². The van der Waals surface area contributed by atoms with Crippen LogP contribution >= 0.6 is 11.6 Å². The maximum absolute atomic E-state index is 13.1. The lowest BCUT2D eigenvalue weighted by Gasteiger charge is -2.19. The first-order chi connectivity index (χ1) is 13.9. The van der Waals surface area contributed by atoms with E-state index in [-0.39, 0.29) is 23.9 Å². The largest absolute Gasteiger partial charge is 0.508 e. The van der Waals surface area contributed by atoms with E-state index in [1.165, 1.54) is 0 Å². The molecule has 1 unspecified atom stereocenters. The molecule has 5 heteroatoms. The van der Waals surface area contributed by atoms with E-state index in [1.54, 1.807) is 60.7 Å². The second-order valence-corrected chi connectivity index (χ2v) is 7.41. The summed E-state index contributed by atoms with van der Waals surface area (Å²) >= 11 is 6.08. The summed E-state index contributed by atoms with van der Waals surface area (Å²) in [5.74, 6) is -0.252. The van der Waals surface area contributed by atoms with Gasteiger partial charge in [0, 0.05) is 17.0 Å². The van der Waals surface area contributed by atoms with Gasteiger partial charge in [0.15, 0.2) is 5.78 Å². The number of phenols is 1. The number of carbonyl (C=O) groups is 2. The average Bonchev–Trinajstić information content (AvgIpc) is 2.72. The Balaban J connectivity index is 1.82. The van der Waals surface area contributed by atoms with Crippen molar-refractivity contribution in [2.24, 2.45) is 0 Å². The summed E-state index contributed by atoms with van der Waals surface area (Å²) in [5.41, 5.74) is 3.15. The minimum Gasteiger partial charge on any atom is -0.508 e. The molecule has 3 aromatic rings. The van der Waals surface area contributed by atoms with Crippen molar-refractivity contribution in [1.29, 1.82) is 0 Å². The summed E-state index contributed by atoms with van der Waals surface area (Å²) in [4.78, 5) is 25.8. The SMILES string of the molecule is Cc1ccc(Cl)cc1CC(=O)C(Cc1ccc(O)cc1)NC(=O)c1ccccc1. The molecule has 0 heterocycles. The van der Waals surface area contributed by atoms with Gasteiger partial charge >= 0.3 is 0 Å². The highest BCUT2D eigenvalue weighted by Crippen LogP contribution is 2.18. The molecule has 0 radical (unpaired) electrons. The number of hydrogen-bond donors (Lipinski definition) is 2. The number of Topliss-reactive ketones (excluding diaryl/α,β-unsaturated/α-hetero) is 1. The summed E-state index contributed by atoms with van der Waals surface area (Å²) in [6, 6.07) is 20.2. The molecule has 0 aliphatic rings. The zero-order chi connectivity index (χ0) is 20.8. The summed E-state index contributed by atoms with van der Waals surface area (Å²) in [6.45, 7) is 1.93. The molecule has 3 rings (SSSR count). The van der Waals surface area contributed by atoms with E-state index >= 15 is 0 Å². The fourth-order valence-corrected chi connectivity index (χ4v) is 3.28. The Kier molecular flexibility index (Phi) is 6.68. The Bertz CT molecular complexity index is 1000. The molecule has 2 N–H and O–H groups in total. The van der Waals surface area contributed by atoms with Gasteiger partial charge in [-0.05, 0) is 66.4 Å². The highest BCUT2D eigenvalue weighted by atomic mass is 35.5. The van der Waals surface area contributed by atoms with Crippen LogP contribution in [0.15, 0.2) is 72.8 Å². The first-order valence-corrected chi connectivity index (χ1v) is 9.72. The summed E-state index contributed by atoms with van der Waals surface area (Å²) in [5, 5.41) is 12.9. The number of benzene rings is 3. The molecule has 0 saturated carbocycles. The molecular weight excluding hydrogens is 386 g/mol. The highest BCUT2D eigenvalue weighted by Gasteiger charge is 2.22. The number of halogens is 1. The number of ketones is 1. The maximum atomic E-state index is 13.1. The molecule has 0 aliphatic carbocycles. The number of carbonyl (C=O) groups excluding carboxylic acids is 2. The van der Waals surface area contributed by atoms with Gasteiger partial charge in [-0.25, -0.2) is 0 Å². The van der Waals surface area contributed by atoms with Gasteiger partial charge in [-0.2, -0.15) is 0 Å². The monoisotopic (exact) mass is 407 g/mol. The molecule has 0 fully saturated rings. The Morgan fingerprint density at radius 3 is 2.38 bits per heavy atom. The average molecular weight is 408 g/mol. The standard InChI is InChI=1S/C24H22ClNO3/c1-16-7-10-20(25)14-19(16)15-23(28)22(13-17-8-11-21(27)12-9-17)26-24(29)18-5-3-2-4-6-18/h2-12,14,22,27H,13,15H2,1H3,(H,26,29). The molecule has 29 heavy (non-hydrogen) atoms. The predicted molar refractivity (Wildman–Crippen MR) is 114 cm³/mol. The number of phenolic OH excluding ortho intramolecular Hbond substituents is 1. The quantitative estimate of drug-likeness (QED) is 0.605. The molecule has 0 aromatic heterocycles. The van der Waals surface area contributed by atoms with Crippen molar-refractivity contribution in [3.8, 4) is 5.75 Å². The van der Waals surface area contributed by atoms with Gasteiger partial charge in [0.1, 0.15) is 5.75 Å². The van der Waals surface area contributed by atoms with Gasteiger partial charge in [-0.3, -0.25) is 9.59 Å². The van der Waals surface area contributed by atoms with E-state index < -0.39 is 6.04 Å². The summed E-state index contributed by atoms with van der Waals surface area (Å²) in [7, 11) is 0. The zero-order valence-electron chi connectivity index (χ0n) is 16.1. The minimum absolute atomic E-state index is 0.104. The lowest BCUT2D eigenvalue weighted by Crippen LogP contribution is -2.43. The predicted octanol–water partition coefficient (Wildman–Crippen LogP) is 4.51. The van der Waals surface area contributed by atoms with Crippen LogP contribution in [-0.2, 0) is 17.6 Å². The Morgan fingerprint density at radius 2 is 1.69 bits per heavy atom. The summed E-state index contributed by atoms with van der Waals surface area (Å²) < 4.78 is 0. The normalized spacial score (nSPS) is 11.7. The number of rotatable bonds is 7. The second-order valence-electron chi connectivity index (χ2n) is 6.98. The van der Waals surface area contributed by atoms with Crippen molar-refractivity contribution in [1.82, 2.24) is 5.32 Å². The first-order valence-electron chi connectivity index (χ1n) is 9.34. The van der Waals surface area contributed by atoms with Crippen molar-refractivity contribution in [3.63, 3.8) is 0 Å². The van der Waals surface area contributed by atoms with E-state index in [0.29, 0.717) is 17.0 Å². The van der Waals surface area contributed by atoms with E-state index in [9.17, 15) is 14.7 Å². The summed E-state index contributed by atoms with van der Waals surface area (Å²) in [6.07, 6.45) is 0.502. The smallest absolute Gasteiger partial charge is 0.251 e. The van der Waals surface area contributed by atoms with Gasteiger partial charge in [0.25, 0.3) is 5.91 Å². The minimum atomic E-state index is -0.703. The van der Waals surface area contributed by atoms with Gasteiger partial charge in [-0.15, -0.1) is 0 Å². The van der Waals surface area contributed by atoms with Crippen molar-refractivity contribution in [3.05, 3.63) is 100 Å². The first kappa shape index (κ1) is 20.6. The number of nitrogens with one attached hydrogen (secondary N) is 1. The van der Waals surface area contributed by atoms with Crippen LogP contribution in [0.3, 0.4) is 0 Å². The molecule has 1 amide bonds. The molecule has 3 aromatic carbocycles. The zero-order valence-corrected chi connectivity index (χ0v) is 16.8. The van der Waals surface area contributed by atoms with Crippen LogP contribution in [0.5, 0.6) is 5.75 Å². The lowest BCUT2D eigenvalue weighted by molar-refractivity contribution is -0.120. The maximum Gasteiger partial charge on any atom is 0.251 e. The molecule has 148 valence electrons. The lowest BCUT2D eigenvalue weighted by atomic mass is 9.95. The van der Waals surface area contributed by atoms with Crippen molar-refractivity contribution < 1.29 is 14.7 Å².